The molecule has 3 rings (SSSR count). The second kappa shape index (κ2) is 5.46. The van der Waals surface area contributed by atoms with Crippen LogP contribution in [-0.2, 0) is 6.54 Å². The van der Waals surface area contributed by atoms with Gasteiger partial charge in [-0.25, -0.2) is 4.98 Å². The van der Waals surface area contributed by atoms with Gasteiger partial charge in [-0.05, 0) is 24.5 Å². The Morgan fingerprint density at radius 3 is 2.95 bits per heavy atom. The number of aliphatic hydroxyl groups excluding tert-OH is 1. The van der Waals surface area contributed by atoms with Crippen molar-refractivity contribution in [3.05, 3.63) is 17.2 Å². The zero-order valence-electron chi connectivity index (χ0n) is 10.9. The molecule has 2 atom stereocenters. The Morgan fingerprint density at radius 2 is 2.20 bits per heavy atom. The molecule has 1 amide bonds. The van der Waals surface area contributed by atoms with Gasteiger partial charge in [0.15, 0.2) is 5.82 Å². The highest BCUT2D eigenvalue weighted by Gasteiger charge is 2.27. The van der Waals surface area contributed by atoms with Crippen molar-refractivity contribution < 1.29 is 9.90 Å². The molecule has 0 radical (unpaired) electrons. The molecule has 1 saturated carbocycles. The number of hydrogen-bond acceptors (Lipinski definition) is 5. The van der Waals surface area contributed by atoms with Crippen molar-refractivity contribution in [2.45, 2.75) is 44.4 Å². The summed E-state index contributed by atoms with van der Waals surface area (Å²) < 4.78 is 0. The van der Waals surface area contributed by atoms with E-state index in [4.69, 9.17) is 11.8 Å². The highest BCUT2D eigenvalue weighted by Crippen LogP contribution is 2.28. The van der Waals surface area contributed by atoms with Crippen LogP contribution >= 0.6 is 11.8 Å². The van der Waals surface area contributed by atoms with E-state index in [1.807, 2.05) is 6.07 Å². The third-order valence-electron chi connectivity index (χ3n) is 3.92. The number of halogens is 1. The van der Waals surface area contributed by atoms with Crippen LogP contribution in [0.5, 0.6) is 0 Å². The van der Waals surface area contributed by atoms with Crippen molar-refractivity contribution >= 4 is 29.3 Å². The lowest BCUT2D eigenvalue weighted by Gasteiger charge is -2.29. The van der Waals surface area contributed by atoms with Gasteiger partial charge in [0.05, 0.1) is 17.7 Å². The SMILES string of the molecule is O=C1NCc2cc(N[C@@H]3CCCC[C@@H]3O)nc(NCl)c21. The van der Waals surface area contributed by atoms with Crippen molar-refractivity contribution in [1.29, 1.82) is 0 Å². The van der Waals surface area contributed by atoms with E-state index >= 15 is 0 Å². The van der Waals surface area contributed by atoms with Crippen LogP contribution in [0.4, 0.5) is 11.6 Å². The first-order chi connectivity index (χ1) is 9.69. The molecular weight excluding hydrogens is 280 g/mol. The average molecular weight is 297 g/mol. The monoisotopic (exact) mass is 296 g/mol. The Morgan fingerprint density at radius 1 is 1.40 bits per heavy atom. The zero-order chi connectivity index (χ0) is 14.1. The lowest BCUT2D eigenvalue weighted by Crippen LogP contribution is -2.36. The molecule has 1 aliphatic carbocycles. The molecular formula is C13H17ClN4O2. The number of hydrogen-bond donors (Lipinski definition) is 4. The predicted molar refractivity (Wildman–Crippen MR) is 76.8 cm³/mol. The number of nitrogens with zero attached hydrogens (tertiary/aromatic N) is 1. The molecule has 1 fully saturated rings. The normalized spacial score (nSPS) is 25.0. The van der Waals surface area contributed by atoms with Crippen LogP contribution in [0.3, 0.4) is 0 Å². The Bertz CT molecular complexity index is 537. The van der Waals surface area contributed by atoms with Gasteiger partial charge >= 0.3 is 0 Å². The summed E-state index contributed by atoms with van der Waals surface area (Å²) in [6.45, 7) is 0.476. The smallest absolute Gasteiger partial charge is 0.255 e. The highest BCUT2D eigenvalue weighted by atomic mass is 35.5. The number of fused-ring (bicyclic) bond motifs is 1. The summed E-state index contributed by atoms with van der Waals surface area (Å²) in [7, 11) is 0. The third kappa shape index (κ3) is 2.41. The summed E-state index contributed by atoms with van der Waals surface area (Å²) in [5.74, 6) is 0.821. The molecule has 0 saturated heterocycles. The number of nitrogens with one attached hydrogen (secondary N) is 3. The van der Waals surface area contributed by atoms with Crippen LogP contribution < -0.4 is 15.5 Å². The number of aliphatic hydroxyl groups is 1. The standard InChI is InChI=1S/C13H17ClN4O2/c14-18-12-11-7(6-15-13(11)20)5-10(17-12)16-8-3-1-2-4-9(8)19/h5,8-9,19H,1-4,6H2,(H,15,20)(H2,16,17,18)/t8-,9+/m1/s1. The minimum atomic E-state index is -0.356. The van der Waals surface area contributed by atoms with Gasteiger partial charge in [0.25, 0.3) is 5.91 Å². The second-order valence-electron chi connectivity index (χ2n) is 5.27. The lowest BCUT2D eigenvalue weighted by atomic mass is 9.92. The van der Waals surface area contributed by atoms with E-state index in [1.54, 1.807) is 0 Å². The first-order valence-electron chi connectivity index (χ1n) is 6.82. The Kier molecular flexibility index (Phi) is 3.67. The maximum Gasteiger partial charge on any atom is 0.255 e. The molecule has 0 aromatic carbocycles. The van der Waals surface area contributed by atoms with E-state index in [9.17, 15) is 9.90 Å². The third-order valence-corrected chi connectivity index (χ3v) is 4.10. The number of carbonyl (C=O) groups is 1. The number of carbonyl (C=O) groups excluding carboxylic acids is 1. The molecule has 1 aromatic heterocycles. The molecule has 2 aliphatic rings. The van der Waals surface area contributed by atoms with Crippen molar-refractivity contribution in [2.24, 2.45) is 0 Å². The first-order valence-corrected chi connectivity index (χ1v) is 7.20. The topological polar surface area (TPSA) is 86.3 Å². The number of aromatic nitrogens is 1. The van der Waals surface area contributed by atoms with Crippen LogP contribution in [0.25, 0.3) is 0 Å². The van der Waals surface area contributed by atoms with Gasteiger partial charge in [-0.3, -0.25) is 9.63 Å². The molecule has 4 N–H and O–H groups in total. The van der Waals surface area contributed by atoms with Gasteiger partial charge in [0.1, 0.15) is 5.82 Å². The molecule has 1 aromatic rings. The van der Waals surface area contributed by atoms with Gasteiger partial charge in [0, 0.05) is 18.3 Å². The molecule has 0 bridgehead atoms. The Hall–Kier alpha value is -1.53. The Labute approximate surface area is 122 Å². The summed E-state index contributed by atoms with van der Waals surface area (Å²) >= 11 is 5.65. The molecule has 2 heterocycles. The number of anilines is 2. The minimum absolute atomic E-state index is 0.00235. The van der Waals surface area contributed by atoms with Crippen LogP contribution in [0.2, 0.25) is 0 Å². The number of rotatable bonds is 3. The maximum absolute atomic E-state index is 11.7. The fraction of sp³-hybridized carbons (Fsp3) is 0.538. The summed E-state index contributed by atoms with van der Waals surface area (Å²) in [5, 5.41) is 16.0. The number of amides is 1. The average Bonchev–Trinajstić information content (AvgIpc) is 2.82. The van der Waals surface area contributed by atoms with E-state index in [2.05, 4.69) is 20.5 Å². The van der Waals surface area contributed by atoms with Gasteiger partial charge in [0.2, 0.25) is 0 Å². The van der Waals surface area contributed by atoms with Gasteiger partial charge in [-0.15, -0.1) is 0 Å². The molecule has 7 heteroatoms. The van der Waals surface area contributed by atoms with Gasteiger partial charge < -0.3 is 15.7 Å². The first kappa shape index (κ1) is 13.5. The zero-order valence-corrected chi connectivity index (χ0v) is 11.7. The fourth-order valence-electron chi connectivity index (χ4n) is 2.87. The molecule has 108 valence electrons. The molecule has 0 unspecified atom stereocenters. The van der Waals surface area contributed by atoms with E-state index in [0.29, 0.717) is 23.7 Å². The summed E-state index contributed by atoms with van der Waals surface area (Å²) in [4.78, 5) is 18.4. The number of pyridine rings is 1. The van der Waals surface area contributed by atoms with Gasteiger partial charge in [-0.2, -0.15) is 0 Å². The lowest BCUT2D eigenvalue weighted by molar-refractivity contribution is 0.0966. The predicted octanol–water partition coefficient (Wildman–Crippen LogP) is 1.61. The van der Waals surface area contributed by atoms with Crippen LogP contribution in [0.1, 0.15) is 41.6 Å². The summed E-state index contributed by atoms with van der Waals surface area (Å²) in [6, 6.07) is 1.84. The van der Waals surface area contributed by atoms with Crippen LogP contribution in [-0.4, -0.2) is 28.1 Å². The fourth-order valence-corrected chi connectivity index (χ4v) is 3.00. The van der Waals surface area contributed by atoms with E-state index in [1.165, 1.54) is 0 Å². The minimum Gasteiger partial charge on any atom is -0.391 e. The van der Waals surface area contributed by atoms with E-state index in [-0.39, 0.29) is 18.1 Å². The second-order valence-corrected chi connectivity index (χ2v) is 5.46. The quantitative estimate of drug-likeness (QED) is 0.637. The summed E-state index contributed by atoms with van der Waals surface area (Å²) in [6.07, 6.45) is 3.53. The van der Waals surface area contributed by atoms with Gasteiger partial charge in [-0.1, -0.05) is 12.8 Å². The van der Waals surface area contributed by atoms with Crippen molar-refractivity contribution in [1.82, 2.24) is 10.3 Å². The highest BCUT2D eigenvalue weighted by molar-refractivity contribution is 6.25. The van der Waals surface area contributed by atoms with Crippen molar-refractivity contribution in [2.75, 3.05) is 10.2 Å². The largest absolute Gasteiger partial charge is 0.391 e. The van der Waals surface area contributed by atoms with Crippen molar-refractivity contribution in [3.8, 4) is 0 Å². The molecule has 1 aliphatic heterocycles. The van der Waals surface area contributed by atoms with E-state index in [0.717, 1.165) is 31.2 Å². The Balaban J connectivity index is 1.85. The van der Waals surface area contributed by atoms with Crippen molar-refractivity contribution in [3.63, 3.8) is 0 Å². The molecule has 20 heavy (non-hydrogen) atoms. The summed E-state index contributed by atoms with van der Waals surface area (Å²) in [5.41, 5.74) is 1.36. The van der Waals surface area contributed by atoms with E-state index < -0.39 is 0 Å². The van der Waals surface area contributed by atoms with Crippen LogP contribution in [0.15, 0.2) is 6.07 Å². The molecule has 0 spiro atoms. The molecule has 6 nitrogen and oxygen atoms in total. The maximum atomic E-state index is 11.7. The van der Waals surface area contributed by atoms with Crippen LogP contribution in [0, 0.1) is 0 Å².